The van der Waals surface area contributed by atoms with Crippen molar-refractivity contribution < 1.29 is 4.79 Å². The summed E-state index contributed by atoms with van der Waals surface area (Å²) >= 11 is 12.8. The van der Waals surface area contributed by atoms with Crippen LogP contribution in [-0.2, 0) is 4.79 Å². The number of nitrogens with one attached hydrogen (secondary N) is 1. The second-order valence-electron chi connectivity index (χ2n) is 4.85. The molecule has 1 amide bonds. The van der Waals surface area contributed by atoms with E-state index < -0.39 is 0 Å². The molecular formula is C15H12ClN3OS2. The number of carbonyl (C=O) groups excluding carboxylic acids is 1. The van der Waals surface area contributed by atoms with Gasteiger partial charge in [0.2, 0.25) is 0 Å². The van der Waals surface area contributed by atoms with E-state index >= 15 is 0 Å². The third-order valence-electron chi connectivity index (χ3n) is 3.21. The molecule has 2 heterocycles. The summed E-state index contributed by atoms with van der Waals surface area (Å²) in [6.45, 7) is 3.81. The Morgan fingerprint density at radius 2 is 2.18 bits per heavy atom. The van der Waals surface area contributed by atoms with Gasteiger partial charge >= 0.3 is 0 Å². The molecule has 0 radical (unpaired) electrons. The predicted molar refractivity (Wildman–Crippen MR) is 94.2 cm³/mol. The summed E-state index contributed by atoms with van der Waals surface area (Å²) in [5, 5.41) is 6.78. The molecule has 1 fully saturated rings. The molecule has 0 unspecified atom stereocenters. The van der Waals surface area contributed by atoms with Crippen molar-refractivity contribution in [3.63, 3.8) is 0 Å². The summed E-state index contributed by atoms with van der Waals surface area (Å²) in [5.41, 5.74) is 2.78. The zero-order valence-corrected chi connectivity index (χ0v) is 14.3. The Morgan fingerprint density at radius 3 is 2.82 bits per heavy atom. The Hall–Kier alpha value is -1.76. The highest BCUT2D eigenvalue weighted by atomic mass is 35.5. The normalized spacial score (nSPS) is 16.5. The molecule has 1 aliphatic heterocycles. The van der Waals surface area contributed by atoms with Crippen molar-refractivity contribution in [1.29, 1.82) is 0 Å². The van der Waals surface area contributed by atoms with Gasteiger partial charge in [0, 0.05) is 10.4 Å². The first-order chi connectivity index (χ1) is 10.5. The minimum absolute atomic E-state index is 0.193. The molecule has 0 saturated carbocycles. The molecular weight excluding hydrogens is 338 g/mol. The molecule has 22 heavy (non-hydrogen) atoms. The lowest BCUT2D eigenvalue weighted by molar-refractivity contribution is -0.113. The number of thiocarbonyl (C=S) groups is 1. The fourth-order valence-electron chi connectivity index (χ4n) is 2.22. The van der Waals surface area contributed by atoms with Crippen LogP contribution in [0.5, 0.6) is 0 Å². The first-order valence-electron chi connectivity index (χ1n) is 6.51. The van der Waals surface area contributed by atoms with E-state index in [0.29, 0.717) is 15.8 Å². The molecule has 0 atom stereocenters. The van der Waals surface area contributed by atoms with Crippen LogP contribution in [0.2, 0.25) is 5.02 Å². The average molecular weight is 350 g/mol. The molecule has 1 aromatic heterocycles. The number of hydrogen-bond donors (Lipinski definition) is 1. The van der Waals surface area contributed by atoms with Gasteiger partial charge in [0.05, 0.1) is 16.4 Å². The van der Waals surface area contributed by atoms with E-state index in [-0.39, 0.29) is 5.91 Å². The van der Waals surface area contributed by atoms with Crippen molar-refractivity contribution in [3.05, 3.63) is 50.6 Å². The van der Waals surface area contributed by atoms with Crippen LogP contribution in [0, 0.1) is 13.8 Å². The van der Waals surface area contributed by atoms with Gasteiger partial charge < -0.3 is 5.32 Å². The molecule has 0 bridgehead atoms. The second kappa shape index (κ2) is 5.79. The van der Waals surface area contributed by atoms with Crippen LogP contribution < -0.4 is 10.2 Å². The van der Waals surface area contributed by atoms with Crippen molar-refractivity contribution in [2.45, 2.75) is 13.8 Å². The molecule has 3 rings (SSSR count). The number of aromatic nitrogens is 1. The van der Waals surface area contributed by atoms with Gasteiger partial charge in [-0.3, -0.25) is 9.69 Å². The quantitative estimate of drug-likeness (QED) is 0.663. The zero-order chi connectivity index (χ0) is 15.9. The number of rotatable bonds is 2. The smallest absolute Gasteiger partial charge is 0.281 e. The summed E-state index contributed by atoms with van der Waals surface area (Å²) in [6, 6.07) is 5.34. The van der Waals surface area contributed by atoms with E-state index in [1.807, 2.05) is 19.2 Å². The highest BCUT2D eigenvalue weighted by molar-refractivity contribution is 7.80. The van der Waals surface area contributed by atoms with Crippen LogP contribution in [0.3, 0.4) is 0 Å². The maximum Gasteiger partial charge on any atom is 0.281 e. The third kappa shape index (κ3) is 2.77. The Morgan fingerprint density at radius 1 is 1.41 bits per heavy atom. The number of aryl methyl sites for hydroxylation is 2. The van der Waals surface area contributed by atoms with Crippen molar-refractivity contribution in [1.82, 2.24) is 10.3 Å². The molecule has 1 aliphatic rings. The van der Waals surface area contributed by atoms with E-state index in [0.717, 1.165) is 22.0 Å². The van der Waals surface area contributed by atoms with Crippen molar-refractivity contribution in [2.24, 2.45) is 0 Å². The van der Waals surface area contributed by atoms with Crippen LogP contribution in [-0.4, -0.2) is 16.0 Å². The van der Waals surface area contributed by atoms with Gasteiger partial charge in [-0.15, -0.1) is 11.3 Å². The van der Waals surface area contributed by atoms with Gasteiger partial charge in [-0.2, -0.15) is 0 Å². The topological polar surface area (TPSA) is 45.2 Å². The number of amides is 1. The standard InChI is InChI=1S/C15H12ClN3OS2/c1-8-5-10(16)3-4-13(8)19-14(20)12(18-15(19)21)6-11-7-22-9(2)17-11/h3-7H,1-2H3,(H,18,21)/b12-6+. The van der Waals surface area contributed by atoms with Gasteiger partial charge in [-0.05, 0) is 55.9 Å². The SMILES string of the molecule is Cc1nc(/C=C2/NC(=S)N(c3ccc(Cl)cc3C)C2=O)cs1. The summed E-state index contributed by atoms with van der Waals surface area (Å²) in [4.78, 5) is 18.4. The number of halogens is 1. The van der Waals surface area contributed by atoms with Gasteiger partial charge in [-0.1, -0.05) is 11.6 Å². The Balaban J connectivity index is 1.96. The van der Waals surface area contributed by atoms with E-state index in [4.69, 9.17) is 23.8 Å². The number of hydrogen-bond acceptors (Lipinski definition) is 4. The number of thiazole rings is 1. The van der Waals surface area contributed by atoms with Crippen LogP contribution in [0.15, 0.2) is 29.3 Å². The molecule has 112 valence electrons. The first kappa shape index (κ1) is 15.1. The number of carbonyl (C=O) groups is 1. The highest BCUT2D eigenvalue weighted by Gasteiger charge is 2.32. The fraction of sp³-hybridized carbons (Fsp3) is 0.133. The summed E-state index contributed by atoms with van der Waals surface area (Å²) in [6.07, 6.45) is 1.71. The minimum atomic E-state index is -0.193. The molecule has 1 aromatic carbocycles. The first-order valence-corrected chi connectivity index (χ1v) is 8.18. The van der Waals surface area contributed by atoms with E-state index in [1.165, 1.54) is 16.2 Å². The Kier molecular flexibility index (Phi) is 3.99. The third-order valence-corrected chi connectivity index (χ3v) is 4.52. The number of benzene rings is 1. The minimum Gasteiger partial charge on any atom is -0.327 e. The maximum atomic E-state index is 12.6. The van der Waals surface area contributed by atoms with Gasteiger partial charge in [0.15, 0.2) is 5.11 Å². The van der Waals surface area contributed by atoms with Gasteiger partial charge in [-0.25, -0.2) is 4.98 Å². The maximum absolute atomic E-state index is 12.6. The second-order valence-corrected chi connectivity index (χ2v) is 6.74. The molecule has 7 heteroatoms. The molecule has 1 N–H and O–H groups in total. The van der Waals surface area contributed by atoms with Gasteiger partial charge in [0.1, 0.15) is 5.70 Å². The van der Waals surface area contributed by atoms with E-state index in [9.17, 15) is 4.79 Å². The zero-order valence-electron chi connectivity index (χ0n) is 11.9. The van der Waals surface area contributed by atoms with E-state index in [1.54, 1.807) is 24.3 Å². The lowest BCUT2D eigenvalue weighted by Crippen LogP contribution is -2.30. The largest absolute Gasteiger partial charge is 0.327 e. The van der Waals surface area contributed by atoms with Crippen molar-refractivity contribution >= 4 is 57.9 Å². The van der Waals surface area contributed by atoms with Crippen molar-refractivity contribution in [3.8, 4) is 0 Å². The Bertz CT molecular complexity index is 813. The van der Waals surface area contributed by atoms with Crippen LogP contribution in [0.4, 0.5) is 5.69 Å². The predicted octanol–water partition coefficient (Wildman–Crippen LogP) is 3.68. The number of nitrogens with zero attached hydrogens (tertiary/aromatic N) is 2. The van der Waals surface area contributed by atoms with Crippen molar-refractivity contribution in [2.75, 3.05) is 4.90 Å². The summed E-state index contributed by atoms with van der Waals surface area (Å²) in [5.74, 6) is -0.193. The highest BCUT2D eigenvalue weighted by Crippen LogP contribution is 2.28. The summed E-state index contributed by atoms with van der Waals surface area (Å²) in [7, 11) is 0. The fourth-order valence-corrected chi connectivity index (χ4v) is 3.31. The lowest BCUT2D eigenvalue weighted by Gasteiger charge is -2.16. The summed E-state index contributed by atoms with van der Waals surface area (Å²) < 4.78 is 0. The molecule has 4 nitrogen and oxygen atoms in total. The van der Waals surface area contributed by atoms with Crippen LogP contribution in [0.25, 0.3) is 6.08 Å². The van der Waals surface area contributed by atoms with Crippen LogP contribution in [0.1, 0.15) is 16.3 Å². The van der Waals surface area contributed by atoms with E-state index in [2.05, 4.69) is 10.3 Å². The Labute approximate surface area is 142 Å². The van der Waals surface area contributed by atoms with Crippen LogP contribution >= 0.6 is 35.2 Å². The van der Waals surface area contributed by atoms with Gasteiger partial charge in [0.25, 0.3) is 5.91 Å². The average Bonchev–Trinajstić information content (AvgIpc) is 2.96. The molecule has 1 saturated heterocycles. The molecule has 0 aliphatic carbocycles. The molecule has 0 spiro atoms. The number of anilines is 1. The molecule has 2 aromatic rings. The monoisotopic (exact) mass is 349 g/mol. The lowest BCUT2D eigenvalue weighted by atomic mass is 10.2.